The summed E-state index contributed by atoms with van der Waals surface area (Å²) in [4.78, 5) is 44.6. The highest BCUT2D eigenvalue weighted by Gasteiger charge is 2.36. The third kappa shape index (κ3) is 8.97. The minimum Gasteiger partial charge on any atom is -0.545 e. The number of aromatic carboxylic acids is 4. The van der Waals surface area contributed by atoms with Crippen LogP contribution in [0.4, 0.5) is 0 Å². The Balaban J connectivity index is 1.62. The molecule has 0 aliphatic rings. The minimum atomic E-state index is -1.36. The number of carbonyl (C=O) groups excluding carboxylic acids is 4. The van der Waals surface area contributed by atoms with Crippen molar-refractivity contribution in [3.63, 3.8) is 0 Å². The van der Waals surface area contributed by atoms with Gasteiger partial charge in [0.15, 0.2) is 0 Å². The summed E-state index contributed by atoms with van der Waals surface area (Å²) < 4.78 is 24.0. The molecule has 0 heterocycles. The maximum Gasteiger partial charge on any atom is 0.119 e. The Morgan fingerprint density at radius 2 is 0.556 bits per heavy atom. The normalized spacial score (nSPS) is 10.8. The van der Waals surface area contributed by atoms with Crippen LogP contribution in [-0.2, 0) is 0 Å². The smallest absolute Gasteiger partial charge is 0.119 e. The third-order valence-corrected chi connectivity index (χ3v) is 6.54. The summed E-state index contributed by atoms with van der Waals surface area (Å²) in [6.07, 6.45) is 0. The molecule has 0 aliphatic heterocycles. The van der Waals surface area contributed by atoms with E-state index in [-0.39, 0.29) is 48.7 Å². The summed E-state index contributed by atoms with van der Waals surface area (Å²) in [5.74, 6) is -4.21. The van der Waals surface area contributed by atoms with Crippen molar-refractivity contribution >= 4 is 23.9 Å². The Bertz CT molecular complexity index is 1380. The molecule has 12 nitrogen and oxygen atoms in total. The Kier molecular flexibility index (Phi) is 10.2. The summed E-state index contributed by atoms with van der Waals surface area (Å²) in [6, 6.07) is 22.0. The highest BCUT2D eigenvalue weighted by molar-refractivity contribution is 5.87. The van der Waals surface area contributed by atoms with Crippen molar-refractivity contribution in [2.45, 2.75) is 0 Å². The largest absolute Gasteiger partial charge is 0.545 e. The van der Waals surface area contributed by atoms with Crippen molar-refractivity contribution in [2.75, 3.05) is 26.4 Å². The van der Waals surface area contributed by atoms with Gasteiger partial charge in [0.05, 0.1) is 23.9 Å². The Morgan fingerprint density at radius 1 is 0.378 bits per heavy atom. The molecule has 0 spiro atoms. The van der Waals surface area contributed by atoms with Gasteiger partial charge in [-0.1, -0.05) is 0 Å². The number of carbonyl (C=O) groups is 4. The topological polar surface area (TPSA) is 197 Å². The molecule has 0 amide bonds. The van der Waals surface area contributed by atoms with E-state index in [4.69, 9.17) is 18.9 Å². The van der Waals surface area contributed by atoms with E-state index in [1.165, 1.54) is 97.1 Å². The molecule has 0 aliphatic carbocycles. The monoisotopic (exact) mass is 612 g/mol. The highest BCUT2D eigenvalue weighted by Crippen LogP contribution is 2.27. The quantitative estimate of drug-likeness (QED) is 0.161. The lowest BCUT2D eigenvalue weighted by Gasteiger charge is -2.33. The highest BCUT2D eigenvalue weighted by atomic mass is 16.5. The van der Waals surface area contributed by atoms with Crippen molar-refractivity contribution in [2.24, 2.45) is 5.41 Å². The first kappa shape index (κ1) is 31.9. The molecule has 0 bridgehead atoms. The van der Waals surface area contributed by atoms with Crippen LogP contribution in [0.2, 0.25) is 0 Å². The Labute approximate surface area is 256 Å². The van der Waals surface area contributed by atoms with Crippen LogP contribution in [0.1, 0.15) is 41.4 Å². The van der Waals surface area contributed by atoms with Gasteiger partial charge in [-0.3, -0.25) is 0 Å². The second kappa shape index (κ2) is 14.4. The average molecular weight is 613 g/mol. The summed E-state index contributed by atoms with van der Waals surface area (Å²) in [6.45, 7) is -0.488. The van der Waals surface area contributed by atoms with Crippen LogP contribution in [0.15, 0.2) is 97.1 Å². The second-order valence-corrected chi connectivity index (χ2v) is 9.90. The molecular formula is C33H24O12-4. The van der Waals surface area contributed by atoms with Crippen molar-refractivity contribution in [1.82, 2.24) is 0 Å². The molecule has 0 atom stereocenters. The van der Waals surface area contributed by atoms with E-state index >= 15 is 0 Å². The maximum atomic E-state index is 11.2. The molecule has 4 rings (SSSR count). The molecule has 0 radical (unpaired) electrons. The molecule has 12 heteroatoms. The average Bonchev–Trinajstić information content (AvgIpc) is 3.04. The first-order valence-corrected chi connectivity index (χ1v) is 13.3. The lowest BCUT2D eigenvalue weighted by molar-refractivity contribution is -0.256. The Morgan fingerprint density at radius 3 is 0.711 bits per heavy atom. The van der Waals surface area contributed by atoms with Crippen LogP contribution < -0.4 is 39.4 Å². The number of benzene rings is 4. The molecule has 0 fully saturated rings. The van der Waals surface area contributed by atoms with Gasteiger partial charge in [0.1, 0.15) is 54.8 Å². The fraction of sp³-hybridized carbons (Fsp3) is 0.152. The summed E-state index contributed by atoms with van der Waals surface area (Å²) in [5.41, 5.74) is -1.35. The Hall–Kier alpha value is -6.04. The maximum absolute atomic E-state index is 11.2. The number of carboxylic acid groups (broad SMARTS) is 4. The van der Waals surface area contributed by atoms with E-state index in [9.17, 15) is 39.6 Å². The van der Waals surface area contributed by atoms with E-state index in [1.54, 1.807) is 0 Å². The van der Waals surface area contributed by atoms with E-state index < -0.39 is 29.3 Å². The second-order valence-electron chi connectivity index (χ2n) is 9.90. The zero-order chi connectivity index (χ0) is 32.4. The number of hydrogen-bond acceptors (Lipinski definition) is 12. The van der Waals surface area contributed by atoms with Crippen LogP contribution in [0.3, 0.4) is 0 Å². The lowest BCUT2D eigenvalue weighted by Crippen LogP contribution is -2.45. The van der Waals surface area contributed by atoms with Crippen LogP contribution in [0.25, 0.3) is 0 Å². The molecule has 4 aromatic rings. The first-order valence-electron chi connectivity index (χ1n) is 13.3. The summed E-state index contributed by atoms with van der Waals surface area (Å²) in [7, 11) is 0. The van der Waals surface area contributed by atoms with Crippen molar-refractivity contribution in [3.05, 3.63) is 119 Å². The molecule has 45 heavy (non-hydrogen) atoms. The predicted molar refractivity (Wildman–Crippen MR) is 148 cm³/mol. The van der Waals surface area contributed by atoms with Gasteiger partial charge >= 0.3 is 0 Å². The molecule has 4 aromatic carbocycles. The fourth-order valence-electron chi connectivity index (χ4n) is 3.94. The van der Waals surface area contributed by atoms with Gasteiger partial charge in [-0.25, -0.2) is 0 Å². The zero-order valence-electron chi connectivity index (χ0n) is 23.5. The molecular weight excluding hydrogens is 588 g/mol. The number of hydrogen-bond donors (Lipinski definition) is 0. The molecule has 0 saturated carbocycles. The van der Waals surface area contributed by atoms with Gasteiger partial charge in [0.25, 0.3) is 0 Å². The molecule has 0 N–H and O–H groups in total. The van der Waals surface area contributed by atoms with Gasteiger partial charge in [0, 0.05) is 0 Å². The molecule has 0 aromatic heterocycles. The number of ether oxygens (including phenoxy) is 4. The van der Waals surface area contributed by atoms with Crippen LogP contribution in [0.5, 0.6) is 23.0 Å². The van der Waals surface area contributed by atoms with Crippen molar-refractivity contribution in [3.8, 4) is 23.0 Å². The van der Waals surface area contributed by atoms with Gasteiger partial charge in [-0.15, -0.1) is 0 Å². The van der Waals surface area contributed by atoms with E-state index in [2.05, 4.69) is 0 Å². The van der Waals surface area contributed by atoms with Gasteiger partial charge in [-0.05, 0) is 119 Å². The lowest BCUT2D eigenvalue weighted by atomic mass is 9.92. The van der Waals surface area contributed by atoms with E-state index in [1.807, 2.05) is 0 Å². The van der Waals surface area contributed by atoms with Gasteiger partial charge in [0.2, 0.25) is 0 Å². The molecule has 0 unspecified atom stereocenters. The summed E-state index contributed by atoms with van der Waals surface area (Å²) >= 11 is 0. The standard InChI is InChI=1S/C33H28O12/c34-29(35)21-1-9-25(10-2-21)42-17-33(18-43-26-11-3-22(4-12-26)30(36)37,19-44-27-13-5-23(6-14-27)31(38)39)20-45-28-15-7-24(8-16-28)32(40)41/h1-16H,17-20H2,(H,34,35)(H,36,37)(H,38,39)(H,40,41)/p-4. The fourth-order valence-corrected chi connectivity index (χ4v) is 3.94. The first-order chi connectivity index (χ1) is 21.5. The SMILES string of the molecule is O=C([O-])c1ccc(OCC(COc2ccc(C(=O)[O-])cc2)(COc2ccc(C(=O)[O-])cc2)COc2ccc(C(=O)[O-])cc2)cc1. The third-order valence-electron chi connectivity index (χ3n) is 6.54. The van der Waals surface area contributed by atoms with Gasteiger partial charge in [-0.2, -0.15) is 0 Å². The molecule has 0 saturated heterocycles. The molecule has 232 valence electrons. The van der Waals surface area contributed by atoms with Crippen LogP contribution in [0, 0.1) is 5.41 Å². The predicted octanol–water partition coefficient (Wildman–Crippen LogP) is -0.257. The minimum absolute atomic E-state index is 0.0522. The van der Waals surface area contributed by atoms with E-state index in [0.717, 1.165) is 0 Å². The summed E-state index contributed by atoms with van der Waals surface area (Å²) in [5, 5.41) is 44.6. The van der Waals surface area contributed by atoms with Crippen molar-refractivity contribution < 1.29 is 58.6 Å². The van der Waals surface area contributed by atoms with E-state index in [0.29, 0.717) is 23.0 Å². The van der Waals surface area contributed by atoms with Crippen molar-refractivity contribution in [1.29, 1.82) is 0 Å². The zero-order valence-corrected chi connectivity index (χ0v) is 23.5. The van der Waals surface area contributed by atoms with Crippen LogP contribution in [-0.4, -0.2) is 50.3 Å². The van der Waals surface area contributed by atoms with Crippen LogP contribution >= 0.6 is 0 Å². The number of rotatable bonds is 16. The van der Waals surface area contributed by atoms with Gasteiger partial charge < -0.3 is 58.6 Å². The number of carboxylic acids is 4.